The highest BCUT2D eigenvalue weighted by molar-refractivity contribution is 5.94. The molecule has 2 aromatic rings. The van der Waals surface area contributed by atoms with Gasteiger partial charge in [-0.25, -0.2) is 4.98 Å². The summed E-state index contributed by atoms with van der Waals surface area (Å²) in [6.07, 6.45) is 1.92. The van der Waals surface area contributed by atoms with E-state index in [9.17, 15) is 4.79 Å². The van der Waals surface area contributed by atoms with Gasteiger partial charge in [-0.3, -0.25) is 4.79 Å². The van der Waals surface area contributed by atoms with Gasteiger partial charge in [-0.2, -0.15) is 0 Å². The summed E-state index contributed by atoms with van der Waals surface area (Å²) in [6.45, 7) is 8.91. The van der Waals surface area contributed by atoms with Crippen LogP contribution in [0.15, 0.2) is 48.7 Å². The number of carbonyl (C=O) groups excluding carboxylic acids is 1. The molecule has 154 valence electrons. The van der Waals surface area contributed by atoms with Gasteiger partial charge in [0.15, 0.2) is 0 Å². The Labute approximate surface area is 172 Å². The average Bonchev–Trinajstić information content (AvgIpc) is 2.73. The molecule has 0 unspecified atom stereocenters. The Hall–Kier alpha value is -2.44. The normalized spacial score (nSPS) is 27.7. The number of hydrogen-bond donors (Lipinski definition) is 0. The molecule has 1 amide bonds. The predicted octanol–water partition coefficient (Wildman–Crippen LogP) is 3.30. The monoisotopic (exact) mass is 395 g/mol. The van der Waals surface area contributed by atoms with Gasteiger partial charge in [-0.1, -0.05) is 30.3 Å². The molecular weight excluding hydrogens is 366 g/mol. The second-order valence-corrected chi connectivity index (χ2v) is 8.12. The highest BCUT2D eigenvalue weighted by Gasteiger charge is 2.30. The predicted molar refractivity (Wildman–Crippen MR) is 112 cm³/mol. The number of morpholine rings is 2. The fraction of sp³-hybridized carbons (Fsp3) is 0.478. The van der Waals surface area contributed by atoms with Crippen molar-refractivity contribution < 1.29 is 14.3 Å². The maximum atomic E-state index is 13.1. The molecule has 2 fully saturated rings. The third-order valence-electron chi connectivity index (χ3n) is 5.46. The number of benzene rings is 1. The molecule has 0 radical (unpaired) electrons. The van der Waals surface area contributed by atoms with Crippen LogP contribution >= 0.6 is 0 Å². The van der Waals surface area contributed by atoms with Gasteiger partial charge < -0.3 is 19.3 Å². The third kappa shape index (κ3) is 4.60. The Kier molecular flexibility index (Phi) is 5.83. The van der Waals surface area contributed by atoms with E-state index >= 15 is 0 Å². The van der Waals surface area contributed by atoms with Crippen LogP contribution in [0.25, 0.3) is 0 Å². The summed E-state index contributed by atoms with van der Waals surface area (Å²) in [5, 5.41) is 0. The fourth-order valence-corrected chi connectivity index (χ4v) is 4.22. The van der Waals surface area contributed by atoms with Gasteiger partial charge in [-0.15, -0.1) is 0 Å². The molecule has 4 atom stereocenters. The molecule has 0 saturated carbocycles. The molecule has 29 heavy (non-hydrogen) atoms. The topological polar surface area (TPSA) is 54.9 Å². The molecule has 3 heterocycles. The average molecular weight is 396 g/mol. The van der Waals surface area contributed by atoms with Crippen molar-refractivity contribution in [2.45, 2.75) is 45.2 Å². The van der Waals surface area contributed by atoms with Crippen molar-refractivity contribution in [2.24, 2.45) is 0 Å². The third-order valence-corrected chi connectivity index (χ3v) is 5.46. The lowest BCUT2D eigenvalue weighted by Crippen LogP contribution is -2.46. The molecule has 2 aliphatic rings. The van der Waals surface area contributed by atoms with Crippen LogP contribution in [0.4, 0.5) is 5.82 Å². The van der Waals surface area contributed by atoms with Crippen molar-refractivity contribution in [2.75, 3.05) is 31.1 Å². The van der Waals surface area contributed by atoms with Crippen molar-refractivity contribution in [3.63, 3.8) is 0 Å². The van der Waals surface area contributed by atoms with E-state index in [-0.39, 0.29) is 30.3 Å². The van der Waals surface area contributed by atoms with E-state index in [2.05, 4.69) is 23.7 Å². The van der Waals surface area contributed by atoms with Gasteiger partial charge in [0.25, 0.3) is 5.91 Å². The Bertz CT molecular complexity index is 817. The van der Waals surface area contributed by atoms with E-state index in [0.717, 1.165) is 24.5 Å². The summed E-state index contributed by atoms with van der Waals surface area (Å²) in [4.78, 5) is 21.8. The molecule has 1 aromatic heterocycles. The van der Waals surface area contributed by atoms with Crippen molar-refractivity contribution in [1.29, 1.82) is 0 Å². The van der Waals surface area contributed by atoms with Crippen LogP contribution in [-0.4, -0.2) is 60.3 Å². The zero-order valence-corrected chi connectivity index (χ0v) is 17.3. The van der Waals surface area contributed by atoms with Crippen LogP contribution in [0, 0.1) is 0 Å². The highest BCUT2D eigenvalue weighted by Crippen LogP contribution is 2.26. The Balaban J connectivity index is 1.46. The number of anilines is 1. The molecule has 6 nitrogen and oxygen atoms in total. The molecule has 0 bridgehead atoms. The molecule has 2 aliphatic heterocycles. The van der Waals surface area contributed by atoms with Crippen LogP contribution in [-0.2, 0) is 9.47 Å². The summed E-state index contributed by atoms with van der Waals surface area (Å²) in [6, 6.07) is 13.9. The SMILES string of the molecule is C[C@@H]1CN(c2ccc(C(=O)N3C[C@H](C)O[C@@H](c4ccccc4)C3)cn2)C[C@H](C)O1. The summed E-state index contributed by atoms with van der Waals surface area (Å²) < 4.78 is 11.9. The van der Waals surface area contributed by atoms with Crippen LogP contribution in [0.1, 0.15) is 42.8 Å². The molecule has 4 rings (SSSR count). The summed E-state index contributed by atoms with van der Waals surface area (Å²) in [7, 11) is 0. The van der Waals surface area contributed by atoms with Gasteiger partial charge >= 0.3 is 0 Å². The largest absolute Gasteiger partial charge is 0.372 e. The number of rotatable bonds is 3. The summed E-state index contributed by atoms with van der Waals surface area (Å²) >= 11 is 0. The zero-order valence-electron chi connectivity index (χ0n) is 17.3. The van der Waals surface area contributed by atoms with E-state index < -0.39 is 0 Å². The van der Waals surface area contributed by atoms with Crippen LogP contribution in [0.5, 0.6) is 0 Å². The van der Waals surface area contributed by atoms with Crippen molar-refractivity contribution in [1.82, 2.24) is 9.88 Å². The minimum Gasteiger partial charge on any atom is -0.372 e. The smallest absolute Gasteiger partial charge is 0.255 e. The first-order valence-electron chi connectivity index (χ1n) is 10.4. The standard InChI is InChI=1S/C23H29N3O3/c1-16-12-25(13-17(2)28-16)22-10-9-20(11-24-22)23(27)26-14-18(3)29-21(15-26)19-7-5-4-6-8-19/h4-11,16-18,21H,12-15H2,1-3H3/t16-,17+,18-,21+/m0/s1. The Morgan fingerprint density at radius 3 is 2.24 bits per heavy atom. The maximum absolute atomic E-state index is 13.1. The van der Waals surface area contributed by atoms with Crippen LogP contribution in [0.3, 0.4) is 0 Å². The van der Waals surface area contributed by atoms with Gasteiger partial charge in [-0.05, 0) is 38.5 Å². The second kappa shape index (κ2) is 8.51. The molecule has 0 aliphatic carbocycles. The van der Waals surface area contributed by atoms with Crippen molar-refractivity contribution in [3.05, 3.63) is 59.8 Å². The Morgan fingerprint density at radius 2 is 1.59 bits per heavy atom. The lowest BCUT2D eigenvalue weighted by molar-refractivity contribution is -0.0691. The molecule has 1 aromatic carbocycles. The first-order chi connectivity index (χ1) is 14.0. The van der Waals surface area contributed by atoms with Crippen molar-refractivity contribution >= 4 is 11.7 Å². The summed E-state index contributed by atoms with van der Waals surface area (Å²) in [5.74, 6) is 0.893. The van der Waals surface area contributed by atoms with E-state index in [0.29, 0.717) is 18.7 Å². The number of aromatic nitrogens is 1. The fourth-order valence-electron chi connectivity index (χ4n) is 4.22. The molecular formula is C23H29N3O3. The van der Waals surface area contributed by atoms with E-state index in [1.807, 2.05) is 54.3 Å². The number of ether oxygens (including phenoxy) is 2. The lowest BCUT2D eigenvalue weighted by atomic mass is 10.1. The maximum Gasteiger partial charge on any atom is 0.255 e. The van der Waals surface area contributed by atoms with E-state index in [1.165, 1.54) is 0 Å². The first kappa shape index (κ1) is 19.9. The van der Waals surface area contributed by atoms with Gasteiger partial charge in [0.05, 0.1) is 30.4 Å². The number of carbonyl (C=O) groups is 1. The van der Waals surface area contributed by atoms with E-state index in [4.69, 9.17) is 9.47 Å². The van der Waals surface area contributed by atoms with Crippen LogP contribution in [0.2, 0.25) is 0 Å². The minimum absolute atomic E-state index is 0.00356. The second-order valence-electron chi connectivity index (χ2n) is 8.12. The number of hydrogen-bond acceptors (Lipinski definition) is 5. The van der Waals surface area contributed by atoms with Crippen molar-refractivity contribution in [3.8, 4) is 0 Å². The number of pyridine rings is 1. The Morgan fingerprint density at radius 1 is 0.897 bits per heavy atom. The molecule has 0 spiro atoms. The van der Waals surface area contributed by atoms with Gasteiger partial charge in [0.2, 0.25) is 0 Å². The number of nitrogens with zero attached hydrogens (tertiary/aromatic N) is 3. The number of amides is 1. The zero-order chi connectivity index (χ0) is 20.4. The first-order valence-corrected chi connectivity index (χ1v) is 10.4. The molecule has 2 saturated heterocycles. The molecule has 0 N–H and O–H groups in total. The minimum atomic E-state index is -0.104. The molecule has 6 heteroatoms. The van der Waals surface area contributed by atoms with E-state index in [1.54, 1.807) is 6.20 Å². The van der Waals surface area contributed by atoms with Crippen LogP contribution < -0.4 is 4.90 Å². The lowest BCUT2D eigenvalue weighted by Gasteiger charge is -2.37. The van der Waals surface area contributed by atoms with Gasteiger partial charge in [0.1, 0.15) is 11.9 Å². The quantitative estimate of drug-likeness (QED) is 0.798. The summed E-state index contributed by atoms with van der Waals surface area (Å²) in [5.41, 5.74) is 1.71. The highest BCUT2D eigenvalue weighted by atomic mass is 16.5. The van der Waals surface area contributed by atoms with Gasteiger partial charge in [0, 0.05) is 25.8 Å².